The van der Waals surface area contributed by atoms with Crippen molar-refractivity contribution >= 4 is 27.1 Å². The van der Waals surface area contributed by atoms with Crippen molar-refractivity contribution in [2.24, 2.45) is 0 Å². The molecule has 1 N–H and O–H groups in total. The Kier molecular flexibility index (Phi) is 3.64. The molecule has 21 heavy (non-hydrogen) atoms. The number of rotatable bonds is 3. The van der Waals surface area contributed by atoms with E-state index < -0.39 is 11.6 Å². The van der Waals surface area contributed by atoms with Crippen molar-refractivity contribution in [3.63, 3.8) is 0 Å². The SMILES string of the molecule is Cc1c(C(C)Nc2cccc(F)c2F)sc2ccccc12. The summed E-state index contributed by atoms with van der Waals surface area (Å²) in [7, 11) is 0. The fourth-order valence-corrected chi connectivity index (χ4v) is 3.73. The zero-order valence-corrected chi connectivity index (χ0v) is 12.6. The number of halogens is 2. The standard InChI is InChI=1S/C17H15F2NS/c1-10-12-6-3-4-9-15(12)21-17(10)11(2)20-14-8-5-7-13(18)16(14)19/h3-9,11,20H,1-2H3. The first kappa shape index (κ1) is 14.0. The Morgan fingerprint density at radius 1 is 1.05 bits per heavy atom. The first-order valence-corrected chi connectivity index (χ1v) is 7.58. The molecule has 0 aliphatic heterocycles. The topological polar surface area (TPSA) is 12.0 Å². The van der Waals surface area contributed by atoms with E-state index in [2.05, 4.69) is 24.4 Å². The molecule has 2 aromatic carbocycles. The van der Waals surface area contributed by atoms with Gasteiger partial charge in [-0.15, -0.1) is 11.3 Å². The quantitative estimate of drug-likeness (QED) is 0.658. The fourth-order valence-electron chi connectivity index (χ4n) is 2.52. The molecule has 1 atom stereocenters. The first-order valence-electron chi connectivity index (χ1n) is 6.76. The summed E-state index contributed by atoms with van der Waals surface area (Å²) in [6.07, 6.45) is 0. The van der Waals surface area contributed by atoms with Crippen molar-refractivity contribution in [3.05, 3.63) is 64.5 Å². The van der Waals surface area contributed by atoms with Gasteiger partial charge in [0.2, 0.25) is 0 Å². The predicted molar refractivity (Wildman–Crippen MR) is 85.0 cm³/mol. The van der Waals surface area contributed by atoms with Gasteiger partial charge in [-0.2, -0.15) is 0 Å². The van der Waals surface area contributed by atoms with E-state index in [1.165, 1.54) is 21.7 Å². The van der Waals surface area contributed by atoms with Crippen LogP contribution < -0.4 is 5.32 Å². The van der Waals surface area contributed by atoms with Gasteiger partial charge in [0.05, 0.1) is 11.7 Å². The summed E-state index contributed by atoms with van der Waals surface area (Å²) < 4.78 is 28.2. The molecule has 1 nitrogen and oxygen atoms in total. The van der Waals surface area contributed by atoms with E-state index >= 15 is 0 Å². The van der Waals surface area contributed by atoms with Crippen LogP contribution in [0.15, 0.2) is 42.5 Å². The van der Waals surface area contributed by atoms with Gasteiger partial charge in [0.15, 0.2) is 11.6 Å². The van der Waals surface area contributed by atoms with Gasteiger partial charge in [-0.1, -0.05) is 24.3 Å². The Bertz CT molecular complexity index is 795. The molecule has 108 valence electrons. The lowest BCUT2D eigenvalue weighted by molar-refractivity contribution is 0.510. The van der Waals surface area contributed by atoms with Crippen molar-refractivity contribution in [2.75, 3.05) is 5.32 Å². The van der Waals surface area contributed by atoms with Gasteiger partial charge >= 0.3 is 0 Å². The first-order chi connectivity index (χ1) is 10.1. The summed E-state index contributed by atoms with van der Waals surface area (Å²) in [5.41, 5.74) is 1.38. The Morgan fingerprint density at radius 2 is 1.81 bits per heavy atom. The molecule has 3 rings (SSSR count). The lowest BCUT2D eigenvalue weighted by Gasteiger charge is -2.15. The molecule has 0 saturated heterocycles. The average Bonchev–Trinajstić information content (AvgIpc) is 2.82. The molecule has 0 aliphatic rings. The van der Waals surface area contributed by atoms with Crippen LogP contribution in [0.25, 0.3) is 10.1 Å². The number of aryl methyl sites for hydroxylation is 1. The lowest BCUT2D eigenvalue weighted by Crippen LogP contribution is -2.08. The molecule has 0 saturated carbocycles. The molecular formula is C17H15F2NS. The molecule has 0 radical (unpaired) electrons. The minimum atomic E-state index is -0.833. The number of thiophene rings is 1. The Hall–Kier alpha value is -1.94. The van der Waals surface area contributed by atoms with E-state index in [4.69, 9.17) is 0 Å². The third-order valence-electron chi connectivity index (χ3n) is 3.60. The monoisotopic (exact) mass is 303 g/mol. The molecule has 4 heteroatoms. The molecule has 0 amide bonds. The number of fused-ring (bicyclic) bond motifs is 1. The smallest absolute Gasteiger partial charge is 0.181 e. The normalized spacial score (nSPS) is 12.6. The molecule has 1 aromatic heterocycles. The van der Waals surface area contributed by atoms with E-state index in [9.17, 15) is 8.78 Å². The third-order valence-corrected chi connectivity index (χ3v) is 5.05. The highest BCUT2D eigenvalue weighted by molar-refractivity contribution is 7.19. The molecular weight excluding hydrogens is 288 g/mol. The second kappa shape index (κ2) is 5.45. The van der Waals surface area contributed by atoms with E-state index in [0.717, 1.165) is 10.9 Å². The van der Waals surface area contributed by atoms with Gasteiger partial charge in [0.1, 0.15) is 0 Å². The summed E-state index contributed by atoms with van der Waals surface area (Å²) in [5.74, 6) is -1.66. The average molecular weight is 303 g/mol. The molecule has 0 fully saturated rings. The van der Waals surface area contributed by atoms with Crippen molar-refractivity contribution in [1.29, 1.82) is 0 Å². The predicted octanol–water partition coefficient (Wildman–Crippen LogP) is 5.66. The minimum Gasteiger partial charge on any atom is -0.375 e. The zero-order valence-electron chi connectivity index (χ0n) is 11.8. The van der Waals surface area contributed by atoms with Crippen LogP contribution in [0.5, 0.6) is 0 Å². The number of anilines is 1. The third kappa shape index (κ3) is 2.51. The van der Waals surface area contributed by atoms with E-state index in [1.54, 1.807) is 17.4 Å². The van der Waals surface area contributed by atoms with Crippen LogP contribution in [0.4, 0.5) is 14.5 Å². The molecule has 1 unspecified atom stereocenters. The summed E-state index contributed by atoms with van der Waals surface area (Å²) >= 11 is 1.68. The highest BCUT2D eigenvalue weighted by Gasteiger charge is 2.16. The number of nitrogens with one attached hydrogen (secondary N) is 1. The van der Waals surface area contributed by atoms with Gasteiger partial charge in [0, 0.05) is 9.58 Å². The summed E-state index contributed by atoms with van der Waals surface area (Å²) in [6, 6.07) is 12.3. The molecule has 0 bridgehead atoms. The maximum Gasteiger partial charge on any atom is 0.181 e. The van der Waals surface area contributed by atoms with Crippen LogP contribution in [0.1, 0.15) is 23.4 Å². The summed E-state index contributed by atoms with van der Waals surface area (Å²) in [5, 5.41) is 4.28. The van der Waals surface area contributed by atoms with Crippen LogP contribution in [0.3, 0.4) is 0 Å². The van der Waals surface area contributed by atoms with Gasteiger partial charge in [0.25, 0.3) is 0 Å². The Morgan fingerprint density at radius 3 is 2.57 bits per heavy atom. The molecule has 0 aliphatic carbocycles. The van der Waals surface area contributed by atoms with Crippen LogP contribution in [-0.2, 0) is 0 Å². The number of hydrogen-bond donors (Lipinski definition) is 1. The van der Waals surface area contributed by atoms with E-state index in [-0.39, 0.29) is 11.7 Å². The van der Waals surface area contributed by atoms with Crippen LogP contribution in [0, 0.1) is 18.6 Å². The van der Waals surface area contributed by atoms with Crippen LogP contribution >= 0.6 is 11.3 Å². The van der Waals surface area contributed by atoms with Crippen molar-refractivity contribution in [1.82, 2.24) is 0 Å². The second-order valence-corrected chi connectivity index (χ2v) is 6.14. The van der Waals surface area contributed by atoms with Gasteiger partial charge in [-0.25, -0.2) is 8.78 Å². The Balaban J connectivity index is 1.95. The Labute approximate surface area is 126 Å². The molecule has 0 spiro atoms. The minimum absolute atomic E-state index is 0.0845. The zero-order chi connectivity index (χ0) is 15.0. The maximum absolute atomic E-state index is 13.7. The van der Waals surface area contributed by atoms with Crippen molar-refractivity contribution < 1.29 is 8.78 Å². The lowest BCUT2D eigenvalue weighted by atomic mass is 10.1. The number of benzene rings is 2. The highest BCUT2D eigenvalue weighted by Crippen LogP contribution is 2.36. The highest BCUT2D eigenvalue weighted by atomic mass is 32.1. The van der Waals surface area contributed by atoms with Gasteiger partial charge in [-0.3, -0.25) is 0 Å². The van der Waals surface area contributed by atoms with Crippen molar-refractivity contribution in [3.8, 4) is 0 Å². The van der Waals surface area contributed by atoms with E-state index in [1.807, 2.05) is 19.1 Å². The fraction of sp³-hybridized carbons (Fsp3) is 0.176. The largest absolute Gasteiger partial charge is 0.375 e. The van der Waals surface area contributed by atoms with Crippen molar-refractivity contribution in [2.45, 2.75) is 19.9 Å². The van der Waals surface area contributed by atoms with Crippen LogP contribution in [-0.4, -0.2) is 0 Å². The molecule has 3 aromatic rings. The maximum atomic E-state index is 13.7. The van der Waals surface area contributed by atoms with E-state index in [0.29, 0.717) is 0 Å². The van der Waals surface area contributed by atoms with Gasteiger partial charge < -0.3 is 5.32 Å². The number of hydrogen-bond acceptors (Lipinski definition) is 2. The van der Waals surface area contributed by atoms with Crippen LogP contribution in [0.2, 0.25) is 0 Å². The summed E-state index contributed by atoms with van der Waals surface area (Å²) in [6.45, 7) is 4.02. The summed E-state index contributed by atoms with van der Waals surface area (Å²) in [4.78, 5) is 1.14. The second-order valence-electron chi connectivity index (χ2n) is 5.05. The van der Waals surface area contributed by atoms with Gasteiger partial charge in [-0.05, 0) is 43.0 Å². The molecule has 1 heterocycles.